The summed E-state index contributed by atoms with van der Waals surface area (Å²) in [5, 5.41) is 8.27. The van der Waals surface area contributed by atoms with Crippen molar-refractivity contribution in [2.45, 2.75) is 18.9 Å². The molecular weight excluding hydrogens is 246 g/mol. The monoisotopic (exact) mass is 261 g/mol. The van der Waals surface area contributed by atoms with Crippen molar-refractivity contribution in [2.75, 3.05) is 5.75 Å². The van der Waals surface area contributed by atoms with E-state index in [0.29, 0.717) is 6.42 Å². The third-order valence-electron chi connectivity index (χ3n) is 1.65. The lowest BCUT2D eigenvalue weighted by molar-refractivity contribution is -0.138. The van der Waals surface area contributed by atoms with Crippen LogP contribution in [0.25, 0.3) is 0 Å². The van der Waals surface area contributed by atoms with Crippen LogP contribution in [0, 0.1) is 0 Å². The molecule has 0 amide bonds. The molecule has 1 aromatic rings. The second-order valence-corrected chi connectivity index (χ2v) is 4.16. The fourth-order valence-corrected chi connectivity index (χ4v) is 1.26. The van der Waals surface area contributed by atoms with Crippen molar-refractivity contribution in [3.8, 4) is 0 Å². The Morgan fingerprint density at radius 1 is 1.35 bits per heavy atom. The van der Waals surface area contributed by atoms with Crippen LogP contribution < -0.4 is 5.73 Å². The lowest BCUT2D eigenvalue weighted by Gasteiger charge is -2.02. The molecule has 0 radical (unpaired) electrons. The van der Waals surface area contributed by atoms with Gasteiger partial charge in [-0.15, -0.1) is 0 Å². The number of nitrogens with zero attached hydrogens (tertiary/aromatic N) is 2. The third kappa shape index (κ3) is 10.7. The Kier molecular flexibility index (Phi) is 8.79. The molecule has 3 N–H and O–H groups in total. The zero-order valence-corrected chi connectivity index (χ0v) is 9.99. The van der Waals surface area contributed by atoms with Crippen LogP contribution in [0.4, 0.5) is 0 Å². The van der Waals surface area contributed by atoms with Crippen LogP contribution in [0.2, 0.25) is 0 Å². The van der Waals surface area contributed by atoms with Gasteiger partial charge in [-0.05, 0) is 18.9 Å². The topological polar surface area (TPSA) is 123 Å². The number of carboxylic acid groups (broad SMARTS) is 1. The second-order valence-electron chi connectivity index (χ2n) is 3.05. The van der Waals surface area contributed by atoms with E-state index in [4.69, 9.17) is 10.8 Å². The lowest BCUT2D eigenvalue weighted by Crippen LogP contribution is -2.30. The summed E-state index contributed by atoms with van der Waals surface area (Å²) in [4.78, 5) is 17.4. The number of carboxylic acids is 1. The minimum atomic E-state index is -2.40. The van der Waals surface area contributed by atoms with Crippen molar-refractivity contribution < 1.29 is 18.3 Å². The molecular formula is C9H15N3O4S. The molecule has 1 atom stereocenters. The maximum Gasteiger partial charge on any atom is 0.320 e. The van der Waals surface area contributed by atoms with Gasteiger partial charge in [0.2, 0.25) is 0 Å². The van der Waals surface area contributed by atoms with Crippen molar-refractivity contribution in [2.24, 2.45) is 5.73 Å². The van der Waals surface area contributed by atoms with E-state index < -0.39 is 22.7 Å². The van der Waals surface area contributed by atoms with E-state index in [0.717, 1.165) is 0 Å². The van der Waals surface area contributed by atoms with Gasteiger partial charge in [0.25, 0.3) is 0 Å². The maximum absolute atomic E-state index is 10.1. The van der Waals surface area contributed by atoms with Crippen LogP contribution >= 0.6 is 0 Å². The molecule has 0 bridgehead atoms. The second kappa shape index (κ2) is 9.67. The highest BCUT2D eigenvalue weighted by atomic mass is 32.2. The summed E-state index contributed by atoms with van der Waals surface area (Å²) in [6.45, 7) is 0. The van der Waals surface area contributed by atoms with Crippen LogP contribution in [0.15, 0.2) is 24.8 Å². The molecule has 0 aliphatic carbocycles. The average Bonchev–Trinajstić information content (AvgIpc) is 2.31. The summed E-state index contributed by atoms with van der Waals surface area (Å²) >= 11 is 0. The molecule has 1 aromatic heterocycles. The van der Waals surface area contributed by atoms with E-state index in [9.17, 15) is 13.2 Å². The van der Waals surface area contributed by atoms with Crippen LogP contribution in [-0.4, -0.2) is 41.3 Å². The van der Waals surface area contributed by atoms with Crippen molar-refractivity contribution in [1.29, 1.82) is 0 Å². The molecule has 0 fully saturated rings. The molecule has 0 aliphatic heterocycles. The normalized spacial score (nSPS) is 11.4. The zero-order chi connectivity index (χ0) is 13.1. The first kappa shape index (κ1) is 15.5. The lowest BCUT2D eigenvalue weighted by atomic mass is 10.2. The first-order valence-electron chi connectivity index (χ1n) is 4.84. The van der Waals surface area contributed by atoms with E-state index in [2.05, 4.69) is 9.97 Å². The van der Waals surface area contributed by atoms with Gasteiger partial charge in [-0.2, -0.15) is 0 Å². The summed E-state index contributed by atoms with van der Waals surface area (Å²) in [7, 11) is -2.40. The highest BCUT2D eigenvalue weighted by Gasteiger charge is 2.09. The minimum Gasteiger partial charge on any atom is -0.480 e. The van der Waals surface area contributed by atoms with E-state index in [-0.39, 0.29) is 12.2 Å². The number of rotatable bonds is 5. The molecule has 0 spiro atoms. The van der Waals surface area contributed by atoms with Gasteiger partial charge in [0, 0.05) is 18.1 Å². The Balaban J connectivity index is 0.000000354. The summed E-state index contributed by atoms with van der Waals surface area (Å²) in [5.41, 5.74) is 5.11. The standard InChI is InChI=1S/C5H11NO4S.C4H4N2/c6-4(5(7)8)2-1-3-11(9)10;1-2-5-4-6-3-1/h4,11H,1-3,6H2,(H,7,8);1-4H. The Morgan fingerprint density at radius 2 is 1.94 bits per heavy atom. The fraction of sp³-hybridized carbons (Fsp3) is 0.444. The van der Waals surface area contributed by atoms with Crippen molar-refractivity contribution in [3.05, 3.63) is 24.8 Å². The number of carbonyl (C=O) groups is 1. The van der Waals surface area contributed by atoms with Gasteiger partial charge in [-0.1, -0.05) is 0 Å². The molecule has 0 aliphatic rings. The van der Waals surface area contributed by atoms with E-state index in [1.165, 1.54) is 6.33 Å². The minimum absolute atomic E-state index is 0.0102. The number of aliphatic carboxylic acids is 1. The largest absolute Gasteiger partial charge is 0.480 e. The first-order chi connectivity index (χ1) is 8.04. The summed E-state index contributed by atoms with van der Waals surface area (Å²) in [5.74, 6) is -1.08. The van der Waals surface area contributed by atoms with Crippen molar-refractivity contribution >= 4 is 16.7 Å². The van der Waals surface area contributed by atoms with Gasteiger partial charge in [0.05, 0.1) is 0 Å². The number of thiol groups is 1. The van der Waals surface area contributed by atoms with E-state index in [1.807, 2.05) is 0 Å². The van der Waals surface area contributed by atoms with Crippen molar-refractivity contribution in [1.82, 2.24) is 9.97 Å². The van der Waals surface area contributed by atoms with Crippen molar-refractivity contribution in [3.63, 3.8) is 0 Å². The molecule has 8 heteroatoms. The Morgan fingerprint density at radius 3 is 2.24 bits per heavy atom. The summed E-state index contributed by atoms with van der Waals surface area (Å²) in [6, 6.07) is 0.838. The van der Waals surface area contributed by atoms with Crippen LogP contribution in [0.3, 0.4) is 0 Å². The predicted molar refractivity (Wildman–Crippen MR) is 62.1 cm³/mol. The quantitative estimate of drug-likeness (QED) is 0.597. The molecule has 96 valence electrons. The molecule has 17 heavy (non-hydrogen) atoms. The van der Waals surface area contributed by atoms with Gasteiger partial charge >= 0.3 is 5.97 Å². The average molecular weight is 261 g/mol. The predicted octanol–water partition coefficient (Wildman–Crippen LogP) is -0.733. The Hall–Kier alpha value is -1.54. The van der Waals surface area contributed by atoms with Crippen LogP contribution in [0.1, 0.15) is 12.8 Å². The van der Waals surface area contributed by atoms with E-state index >= 15 is 0 Å². The molecule has 1 unspecified atom stereocenters. The molecule has 1 heterocycles. The SMILES string of the molecule is NC(CCC[SH](=O)=O)C(=O)O.c1cncnc1. The molecule has 0 saturated carbocycles. The maximum atomic E-state index is 10.1. The summed E-state index contributed by atoms with van der Waals surface area (Å²) in [6.07, 6.45) is 5.39. The van der Waals surface area contributed by atoms with Gasteiger partial charge < -0.3 is 10.8 Å². The smallest absolute Gasteiger partial charge is 0.320 e. The van der Waals surface area contributed by atoms with Gasteiger partial charge in [0.15, 0.2) is 0 Å². The Bertz CT molecular complexity index is 348. The zero-order valence-electron chi connectivity index (χ0n) is 9.10. The van der Waals surface area contributed by atoms with Gasteiger partial charge in [-0.3, -0.25) is 4.79 Å². The number of hydrogen-bond acceptors (Lipinski definition) is 6. The van der Waals surface area contributed by atoms with E-state index in [1.54, 1.807) is 18.5 Å². The highest BCUT2D eigenvalue weighted by molar-refractivity contribution is 7.72. The van der Waals surface area contributed by atoms with Crippen LogP contribution in [-0.2, 0) is 15.5 Å². The fourth-order valence-electron chi connectivity index (χ4n) is 0.817. The highest BCUT2D eigenvalue weighted by Crippen LogP contribution is 1.94. The Labute approximate surface area is 101 Å². The molecule has 0 saturated heterocycles. The summed E-state index contributed by atoms with van der Waals surface area (Å²) < 4.78 is 20.0. The first-order valence-corrected chi connectivity index (χ1v) is 6.20. The van der Waals surface area contributed by atoms with Gasteiger partial charge in [-0.25, -0.2) is 18.4 Å². The molecule has 7 nitrogen and oxygen atoms in total. The number of hydrogen-bond donors (Lipinski definition) is 3. The molecule has 0 aromatic carbocycles. The third-order valence-corrected chi connectivity index (χ3v) is 2.33. The number of aromatic nitrogens is 2. The molecule has 1 rings (SSSR count). The van der Waals surface area contributed by atoms with Gasteiger partial charge in [0.1, 0.15) is 23.1 Å². The number of nitrogens with two attached hydrogens (primary N) is 1. The van der Waals surface area contributed by atoms with Crippen LogP contribution in [0.5, 0.6) is 0 Å².